The number of H-pyrrole nitrogens is 1. The second-order valence-corrected chi connectivity index (χ2v) is 8.50. The van der Waals surface area contributed by atoms with E-state index in [4.69, 9.17) is 5.73 Å². The number of nitrogens with one attached hydrogen (secondary N) is 2. The third-order valence-electron chi connectivity index (χ3n) is 5.41. The molecule has 4 N–H and O–H groups in total. The average Bonchev–Trinajstić information content (AvgIpc) is 3.38. The van der Waals surface area contributed by atoms with E-state index in [1.165, 1.54) is 12.3 Å². The lowest BCUT2D eigenvalue weighted by molar-refractivity contribution is -0.140. The van der Waals surface area contributed by atoms with Gasteiger partial charge in [0.2, 0.25) is 17.7 Å². The molecule has 1 atom stereocenters. The normalized spacial score (nSPS) is 22.4. The average molecular weight is 391 g/mol. The number of likely N-dealkylation sites (tertiary alicyclic amines) is 1. The molecule has 2 aliphatic rings. The molecule has 0 spiro atoms. The van der Waals surface area contributed by atoms with Crippen LogP contribution in [0, 0.1) is 10.8 Å². The molecule has 0 aromatic carbocycles. The number of amides is 3. The van der Waals surface area contributed by atoms with Crippen LogP contribution in [0.2, 0.25) is 0 Å². The van der Waals surface area contributed by atoms with Gasteiger partial charge in [-0.2, -0.15) is 0 Å². The zero-order valence-electron chi connectivity index (χ0n) is 16.0. The lowest BCUT2D eigenvalue weighted by atomic mass is 9.81. The Hall–Kier alpha value is -2.91. The van der Waals surface area contributed by atoms with Gasteiger partial charge >= 0.3 is 5.69 Å². The Labute approximate surface area is 161 Å². The van der Waals surface area contributed by atoms with Crippen LogP contribution in [0.5, 0.6) is 0 Å². The molecule has 1 aromatic rings. The number of carbonyl (C=O) groups is 3. The lowest BCUT2D eigenvalue weighted by Crippen LogP contribution is -2.57. The van der Waals surface area contributed by atoms with Crippen LogP contribution >= 0.6 is 0 Å². The van der Waals surface area contributed by atoms with Crippen molar-refractivity contribution in [1.82, 2.24) is 19.8 Å². The Morgan fingerprint density at radius 2 is 1.96 bits per heavy atom. The Balaban J connectivity index is 1.70. The summed E-state index contributed by atoms with van der Waals surface area (Å²) in [4.78, 5) is 63.5. The second-order valence-electron chi connectivity index (χ2n) is 8.50. The summed E-state index contributed by atoms with van der Waals surface area (Å²) in [6.45, 7) is 4.51. The maximum atomic E-state index is 12.7. The summed E-state index contributed by atoms with van der Waals surface area (Å²) in [6, 6.07) is 0.862. The summed E-state index contributed by atoms with van der Waals surface area (Å²) in [5.41, 5.74) is 2.80. The van der Waals surface area contributed by atoms with Crippen LogP contribution in [-0.2, 0) is 20.9 Å². The van der Waals surface area contributed by atoms with E-state index >= 15 is 0 Å². The summed E-state index contributed by atoms with van der Waals surface area (Å²) in [7, 11) is 0. The van der Waals surface area contributed by atoms with Crippen LogP contribution in [0.3, 0.4) is 0 Å². The van der Waals surface area contributed by atoms with Gasteiger partial charge < -0.3 is 16.0 Å². The van der Waals surface area contributed by atoms with Crippen LogP contribution in [0.25, 0.3) is 0 Å². The predicted octanol–water partition coefficient (Wildman–Crippen LogP) is -1.45. The Morgan fingerprint density at radius 3 is 2.54 bits per heavy atom. The van der Waals surface area contributed by atoms with Gasteiger partial charge in [0.1, 0.15) is 12.0 Å². The number of nitrogens with two attached hydrogens (primary N) is 1. The van der Waals surface area contributed by atoms with E-state index in [0.29, 0.717) is 25.8 Å². The van der Waals surface area contributed by atoms with E-state index in [1.54, 1.807) is 4.90 Å². The summed E-state index contributed by atoms with van der Waals surface area (Å²) in [5.74, 6) is -1.30. The van der Waals surface area contributed by atoms with Gasteiger partial charge in [-0.3, -0.25) is 28.7 Å². The van der Waals surface area contributed by atoms with Crippen LogP contribution < -0.4 is 22.3 Å². The van der Waals surface area contributed by atoms with E-state index in [9.17, 15) is 24.0 Å². The molecule has 2 heterocycles. The lowest BCUT2D eigenvalue weighted by Gasteiger charge is -2.43. The molecule has 1 saturated heterocycles. The molecule has 3 rings (SSSR count). The van der Waals surface area contributed by atoms with Crippen molar-refractivity contribution in [3.63, 3.8) is 0 Å². The molecule has 1 unspecified atom stereocenters. The molecule has 1 aliphatic heterocycles. The predicted molar refractivity (Wildman–Crippen MR) is 99.1 cm³/mol. The number of aromatic amines is 1. The van der Waals surface area contributed by atoms with Gasteiger partial charge in [0.15, 0.2) is 0 Å². The fourth-order valence-corrected chi connectivity index (χ4v) is 3.78. The molecular weight excluding hydrogens is 366 g/mol. The molecule has 0 bridgehead atoms. The smallest absolute Gasteiger partial charge is 0.328 e. The maximum absolute atomic E-state index is 12.7. The van der Waals surface area contributed by atoms with E-state index in [0.717, 1.165) is 4.57 Å². The zero-order chi connectivity index (χ0) is 20.7. The first-order chi connectivity index (χ1) is 13.0. The minimum atomic E-state index is -1.11. The fraction of sp³-hybridized carbons (Fsp3) is 0.611. The van der Waals surface area contributed by atoms with Gasteiger partial charge in [-0.1, -0.05) is 13.8 Å². The van der Waals surface area contributed by atoms with Crippen molar-refractivity contribution in [2.75, 3.05) is 13.1 Å². The maximum Gasteiger partial charge on any atom is 0.328 e. The third kappa shape index (κ3) is 4.00. The first-order valence-electron chi connectivity index (χ1n) is 9.21. The van der Waals surface area contributed by atoms with E-state index in [1.807, 2.05) is 13.8 Å². The number of hydrogen-bond acceptors (Lipinski definition) is 5. The molecule has 10 heteroatoms. The summed E-state index contributed by atoms with van der Waals surface area (Å²) < 4.78 is 1.13. The van der Waals surface area contributed by atoms with Gasteiger partial charge in [-0.25, -0.2) is 4.79 Å². The van der Waals surface area contributed by atoms with Crippen molar-refractivity contribution < 1.29 is 14.4 Å². The molecule has 1 aromatic heterocycles. The number of nitrogens with zero attached hydrogens (tertiary/aromatic N) is 2. The monoisotopic (exact) mass is 391 g/mol. The van der Waals surface area contributed by atoms with Gasteiger partial charge in [-0.05, 0) is 24.7 Å². The Bertz CT molecular complexity index is 927. The van der Waals surface area contributed by atoms with E-state index in [-0.39, 0.29) is 36.4 Å². The molecule has 2 fully saturated rings. The standard InChI is InChI=1S/C18H25N5O5/c1-17(2)7-11(20-15(27)18(4-5-18)14(19)26)8-23(10-17)13(25)9-22-6-3-12(24)21-16(22)28/h3,6,11H,4-5,7-10H2,1-2H3,(H2,19,26)(H,20,27)(H,21,24,28). The Morgan fingerprint density at radius 1 is 1.29 bits per heavy atom. The number of aromatic nitrogens is 2. The summed E-state index contributed by atoms with van der Waals surface area (Å²) in [5, 5.41) is 2.88. The molecule has 1 saturated carbocycles. The summed E-state index contributed by atoms with van der Waals surface area (Å²) >= 11 is 0. The summed E-state index contributed by atoms with van der Waals surface area (Å²) in [6.07, 6.45) is 2.82. The van der Waals surface area contributed by atoms with Crippen molar-refractivity contribution in [2.24, 2.45) is 16.6 Å². The second kappa shape index (κ2) is 6.92. The SMILES string of the molecule is CC1(C)CC(NC(=O)C2(C(N)=O)CC2)CN(C(=O)Cn2ccc(=O)[nH]c2=O)C1. The van der Waals surface area contributed by atoms with Crippen molar-refractivity contribution in [3.05, 3.63) is 33.1 Å². The number of carbonyl (C=O) groups excluding carboxylic acids is 3. The number of rotatable bonds is 5. The minimum Gasteiger partial charge on any atom is -0.369 e. The quantitative estimate of drug-likeness (QED) is 0.525. The number of primary amides is 1. The van der Waals surface area contributed by atoms with Gasteiger partial charge in [0, 0.05) is 31.4 Å². The van der Waals surface area contributed by atoms with Crippen LogP contribution in [-0.4, -0.2) is 51.3 Å². The van der Waals surface area contributed by atoms with Gasteiger partial charge in [0.25, 0.3) is 5.56 Å². The van der Waals surface area contributed by atoms with Crippen molar-refractivity contribution in [1.29, 1.82) is 0 Å². The first-order valence-corrected chi connectivity index (χ1v) is 9.21. The van der Waals surface area contributed by atoms with Gasteiger partial charge in [-0.15, -0.1) is 0 Å². The van der Waals surface area contributed by atoms with E-state index in [2.05, 4.69) is 10.3 Å². The molecule has 3 amide bonds. The number of piperidine rings is 1. The van der Waals surface area contributed by atoms with Crippen molar-refractivity contribution >= 4 is 17.7 Å². The topological polar surface area (TPSA) is 147 Å². The molecular formula is C18H25N5O5. The van der Waals surface area contributed by atoms with E-state index < -0.39 is 22.6 Å². The molecule has 28 heavy (non-hydrogen) atoms. The molecule has 152 valence electrons. The highest BCUT2D eigenvalue weighted by Gasteiger charge is 2.56. The highest BCUT2D eigenvalue weighted by atomic mass is 16.2. The van der Waals surface area contributed by atoms with Crippen molar-refractivity contribution in [2.45, 2.75) is 45.7 Å². The minimum absolute atomic E-state index is 0.211. The van der Waals surface area contributed by atoms with Crippen LogP contribution in [0.4, 0.5) is 0 Å². The first kappa shape index (κ1) is 19.8. The fourth-order valence-electron chi connectivity index (χ4n) is 3.78. The Kier molecular flexibility index (Phi) is 4.90. The van der Waals surface area contributed by atoms with Crippen LogP contribution in [0.15, 0.2) is 21.9 Å². The van der Waals surface area contributed by atoms with Gasteiger partial charge in [0.05, 0.1) is 0 Å². The largest absolute Gasteiger partial charge is 0.369 e. The highest BCUT2D eigenvalue weighted by Crippen LogP contribution is 2.45. The zero-order valence-corrected chi connectivity index (χ0v) is 16.0. The number of hydrogen-bond donors (Lipinski definition) is 3. The molecule has 10 nitrogen and oxygen atoms in total. The molecule has 0 radical (unpaired) electrons. The third-order valence-corrected chi connectivity index (χ3v) is 5.41. The highest BCUT2D eigenvalue weighted by molar-refractivity contribution is 6.07. The van der Waals surface area contributed by atoms with Crippen LogP contribution in [0.1, 0.15) is 33.1 Å². The van der Waals surface area contributed by atoms with Crippen molar-refractivity contribution in [3.8, 4) is 0 Å². The molecule has 1 aliphatic carbocycles.